The highest BCUT2D eigenvalue weighted by atomic mass is 35.5. The highest BCUT2D eigenvalue weighted by Gasteiger charge is 2.16. The van der Waals surface area contributed by atoms with Gasteiger partial charge in [0.05, 0.1) is 11.4 Å². The molecule has 4 rings (SSSR count). The van der Waals surface area contributed by atoms with Crippen LogP contribution < -0.4 is 0 Å². The number of pyridine rings is 1. The molecule has 0 bridgehead atoms. The number of nitrogens with zero attached hydrogens (tertiary/aromatic N) is 1. The van der Waals surface area contributed by atoms with Crippen LogP contribution in [-0.2, 0) is 0 Å². The molecule has 22 heavy (non-hydrogen) atoms. The van der Waals surface area contributed by atoms with E-state index in [4.69, 9.17) is 11.6 Å². The van der Waals surface area contributed by atoms with Gasteiger partial charge in [-0.05, 0) is 34.9 Å². The Bertz CT molecular complexity index is 886. The fraction of sp³-hybridized carbons (Fsp3) is 0. The molecule has 0 aliphatic heterocycles. The molecule has 2 aromatic carbocycles. The molecule has 1 aliphatic carbocycles. The molecule has 0 fully saturated rings. The SMILES string of the molecule is Clc1ccc(C2=C[C](c3cccc4cccnc34)C=C2)cc1. The molecule has 0 amide bonds. The first-order valence-electron chi connectivity index (χ1n) is 7.18. The van der Waals surface area contributed by atoms with E-state index >= 15 is 0 Å². The number of halogens is 1. The number of aromatic nitrogens is 1. The van der Waals surface area contributed by atoms with Gasteiger partial charge in [0.15, 0.2) is 0 Å². The van der Waals surface area contributed by atoms with Crippen molar-refractivity contribution >= 4 is 28.1 Å². The van der Waals surface area contributed by atoms with Crippen LogP contribution in [0.25, 0.3) is 16.5 Å². The molecule has 1 aromatic heterocycles. The summed E-state index contributed by atoms with van der Waals surface area (Å²) in [6.45, 7) is 0. The Morgan fingerprint density at radius 2 is 1.64 bits per heavy atom. The molecule has 0 N–H and O–H groups in total. The Morgan fingerprint density at radius 3 is 2.50 bits per heavy atom. The zero-order valence-corrected chi connectivity index (χ0v) is 12.6. The van der Waals surface area contributed by atoms with Crippen molar-refractivity contribution < 1.29 is 0 Å². The van der Waals surface area contributed by atoms with Gasteiger partial charge in [0, 0.05) is 16.6 Å². The van der Waals surface area contributed by atoms with Crippen LogP contribution in [0, 0.1) is 5.92 Å². The largest absolute Gasteiger partial charge is 0.256 e. The Kier molecular flexibility index (Phi) is 3.28. The summed E-state index contributed by atoms with van der Waals surface area (Å²) in [5, 5.41) is 1.92. The van der Waals surface area contributed by atoms with Crippen molar-refractivity contribution in [1.29, 1.82) is 0 Å². The minimum Gasteiger partial charge on any atom is -0.256 e. The minimum atomic E-state index is 0.758. The van der Waals surface area contributed by atoms with Crippen LogP contribution in [-0.4, -0.2) is 4.98 Å². The van der Waals surface area contributed by atoms with Gasteiger partial charge < -0.3 is 0 Å². The van der Waals surface area contributed by atoms with Crippen LogP contribution in [0.3, 0.4) is 0 Å². The van der Waals surface area contributed by atoms with Crippen LogP contribution in [0.4, 0.5) is 0 Å². The van der Waals surface area contributed by atoms with Crippen LogP contribution in [0.2, 0.25) is 5.02 Å². The average molecular weight is 303 g/mol. The van der Waals surface area contributed by atoms with E-state index in [1.807, 2.05) is 36.5 Å². The molecule has 0 saturated carbocycles. The normalized spacial score (nSPS) is 14.5. The van der Waals surface area contributed by atoms with Crippen molar-refractivity contribution in [3.63, 3.8) is 0 Å². The zero-order valence-electron chi connectivity index (χ0n) is 11.8. The summed E-state index contributed by atoms with van der Waals surface area (Å²) in [5.74, 6) is 1.19. The number of benzene rings is 2. The Hall–Kier alpha value is -2.38. The van der Waals surface area contributed by atoms with Gasteiger partial charge in [0.1, 0.15) is 0 Å². The number of fused-ring (bicyclic) bond motifs is 1. The lowest BCUT2D eigenvalue weighted by Crippen LogP contribution is -1.93. The van der Waals surface area contributed by atoms with Crippen molar-refractivity contribution in [3.05, 3.63) is 101 Å². The number of rotatable bonds is 2. The topological polar surface area (TPSA) is 12.9 Å². The Morgan fingerprint density at radius 1 is 0.818 bits per heavy atom. The van der Waals surface area contributed by atoms with E-state index in [2.05, 4.69) is 47.5 Å². The number of hydrogen-bond donors (Lipinski definition) is 0. The molecule has 1 aliphatic rings. The first-order valence-corrected chi connectivity index (χ1v) is 7.56. The van der Waals surface area contributed by atoms with Gasteiger partial charge in [-0.1, -0.05) is 66.2 Å². The van der Waals surface area contributed by atoms with Crippen molar-refractivity contribution in [2.75, 3.05) is 0 Å². The Balaban J connectivity index is 1.75. The summed E-state index contributed by atoms with van der Waals surface area (Å²) in [6, 6.07) is 18.3. The highest BCUT2D eigenvalue weighted by molar-refractivity contribution is 6.30. The molecule has 2 heteroatoms. The summed E-state index contributed by atoms with van der Waals surface area (Å²) in [7, 11) is 0. The molecular weight excluding hydrogens is 290 g/mol. The zero-order chi connectivity index (χ0) is 14.9. The molecule has 1 nitrogen and oxygen atoms in total. The summed E-state index contributed by atoms with van der Waals surface area (Å²) in [6.07, 6.45) is 8.33. The van der Waals surface area contributed by atoms with E-state index < -0.39 is 0 Å². The summed E-state index contributed by atoms with van der Waals surface area (Å²) < 4.78 is 0. The molecule has 105 valence electrons. The van der Waals surface area contributed by atoms with Gasteiger partial charge >= 0.3 is 0 Å². The van der Waals surface area contributed by atoms with Crippen molar-refractivity contribution in [2.24, 2.45) is 0 Å². The average Bonchev–Trinajstić information content (AvgIpc) is 3.05. The highest BCUT2D eigenvalue weighted by Crippen LogP contribution is 2.33. The van der Waals surface area contributed by atoms with Gasteiger partial charge in [-0.2, -0.15) is 0 Å². The minimum absolute atomic E-state index is 0.758. The molecule has 1 radical (unpaired) electrons. The first-order chi connectivity index (χ1) is 10.8. The fourth-order valence-corrected chi connectivity index (χ4v) is 2.90. The van der Waals surface area contributed by atoms with Crippen LogP contribution in [0.1, 0.15) is 11.1 Å². The van der Waals surface area contributed by atoms with E-state index in [-0.39, 0.29) is 0 Å². The van der Waals surface area contributed by atoms with Crippen molar-refractivity contribution in [1.82, 2.24) is 4.98 Å². The monoisotopic (exact) mass is 302 g/mol. The maximum atomic E-state index is 5.96. The van der Waals surface area contributed by atoms with Gasteiger partial charge in [0.2, 0.25) is 0 Å². The second-order valence-electron chi connectivity index (χ2n) is 5.28. The fourth-order valence-electron chi connectivity index (χ4n) is 2.77. The maximum Gasteiger partial charge on any atom is 0.0746 e. The number of para-hydroxylation sites is 1. The molecular formula is C20H13ClN. The van der Waals surface area contributed by atoms with E-state index in [1.165, 1.54) is 22.6 Å². The molecule has 0 atom stereocenters. The predicted octanol–water partition coefficient (Wildman–Crippen LogP) is 5.46. The second-order valence-corrected chi connectivity index (χ2v) is 5.71. The smallest absolute Gasteiger partial charge is 0.0746 e. The quantitative estimate of drug-likeness (QED) is 0.612. The second kappa shape index (κ2) is 5.43. The predicted molar refractivity (Wildman–Crippen MR) is 92.7 cm³/mol. The van der Waals surface area contributed by atoms with Gasteiger partial charge in [-0.25, -0.2) is 0 Å². The van der Waals surface area contributed by atoms with E-state index in [0.29, 0.717) is 0 Å². The van der Waals surface area contributed by atoms with E-state index in [1.54, 1.807) is 0 Å². The molecule has 0 unspecified atom stereocenters. The lowest BCUT2D eigenvalue weighted by Gasteiger charge is -2.08. The molecule has 0 saturated heterocycles. The lowest BCUT2D eigenvalue weighted by molar-refractivity contribution is 1.34. The standard InChI is InChI=1S/C20H13ClN/c21-18-10-8-14(9-11-18)16-6-7-17(13-16)19-5-1-3-15-4-2-12-22-20(15)19/h1-13H. The van der Waals surface area contributed by atoms with Gasteiger partial charge in [-0.3, -0.25) is 4.98 Å². The third-order valence-corrected chi connectivity index (χ3v) is 4.13. The van der Waals surface area contributed by atoms with E-state index in [0.717, 1.165) is 15.9 Å². The third kappa shape index (κ3) is 2.34. The van der Waals surface area contributed by atoms with Crippen LogP contribution >= 0.6 is 11.6 Å². The summed E-state index contributed by atoms with van der Waals surface area (Å²) in [5.41, 5.74) is 4.57. The van der Waals surface area contributed by atoms with Gasteiger partial charge in [-0.15, -0.1) is 0 Å². The number of hydrogen-bond acceptors (Lipinski definition) is 1. The first kappa shape index (κ1) is 13.3. The lowest BCUT2D eigenvalue weighted by atomic mass is 9.97. The Labute approximate surface area is 134 Å². The van der Waals surface area contributed by atoms with Crippen molar-refractivity contribution in [3.8, 4) is 0 Å². The van der Waals surface area contributed by atoms with Crippen molar-refractivity contribution in [2.45, 2.75) is 0 Å². The summed E-state index contributed by atoms with van der Waals surface area (Å²) >= 11 is 5.96. The van der Waals surface area contributed by atoms with Crippen LogP contribution in [0.5, 0.6) is 0 Å². The third-order valence-electron chi connectivity index (χ3n) is 3.87. The van der Waals surface area contributed by atoms with Crippen LogP contribution in [0.15, 0.2) is 79.0 Å². The van der Waals surface area contributed by atoms with E-state index in [9.17, 15) is 0 Å². The molecule has 1 heterocycles. The maximum absolute atomic E-state index is 5.96. The number of allylic oxidation sites excluding steroid dienone is 4. The van der Waals surface area contributed by atoms with Gasteiger partial charge in [0.25, 0.3) is 0 Å². The molecule has 0 spiro atoms. The molecule has 3 aromatic rings. The summed E-state index contributed by atoms with van der Waals surface area (Å²) in [4.78, 5) is 4.53.